The molecule has 2 fully saturated rings. The van der Waals surface area contributed by atoms with Crippen LogP contribution in [0.1, 0.15) is 34.7 Å². The maximum absolute atomic E-state index is 13.0. The van der Waals surface area contributed by atoms with Crippen molar-refractivity contribution in [3.05, 3.63) is 41.2 Å². The molecule has 0 spiro atoms. The van der Waals surface area contributed by atoms with E-state index in [0.29, 0.717) is 29.2 Å². The van der Waals surface area contributed by atoms with Crippen LogP contribution in [0.15, 0.2) is 24.3 Å². The fourth-order valence-corrected chi connectivity index (χ4v) is 4.27. The number of carbonyl (C=O) groups is 3. The topological polar surface area (TPSA) is 133 Å². The summed E-state index contributed by atoms with van der Waals surface area (Å²) in [5.41, 5.74) is -0.0491. The lowest BCUT2D eigenvalue weighted by Gasteiger charge is -2.33. The van der Waals surface area contributed by atoms with Crippen molar-refractivity contribution in [1.29, 1.82) is 0 Å². The van der Waals surface area contributed by atoms with E-state index in [1.54, 1.807) is 47.9 Å². The van der Waals surface area contributed by atoms with E-state index in [0.717, 1.165) is 5.75 Å². The molecule has 2 unspecified atom stereocenters. The van der Waals surface area contributed by atoms with Gasteiger partial charge in [0.2, 0.25) is 0 Å². The van der Waals surface area contributed by atoms with Gasteiger partial charge in [-0.2, -0.15) is 17.0 Å². The highest BCUT2D eigenvalue weighted by atomic mass is 32.2. The third-order valence-corrected chi connectivity index (χ3v) is 5.83. The van der Waals surface area contributed by atoms with E-state index in [1.807, 2.05) is 0 Å². The molecule has 3 N–H and O–H groups in total. The van der Waals surface area contributed by atoms with Gasteiger partial charge in [-0.3, -0.25) is 14.9 Å². The largest absolute Gasteiger partial charge is 0.327 e. The molecule has 0 aliphatic carbocycles. The Morgan fingerprint density at radius 2 is 2.07 bits per heavy atom. The molecule has 4 rings (SSSR count). The molecular weight excluding hydrogens is 370 g/mol. The average Bonchev–Trinajstić information content (AvgIpc) is 3.30. The molecule has 11 heteroatoms. The van der Waals surface area contributed by atoms with Gasteiger partial charge in [-0.15, -0.1) is 10.2 Å². The van der Waals surface area contributed by atoms with E-state index in [2.05, 4.69) is 31.3 Å². The second-order valence-corrected chi connectivity index (χ2v) is 7.62. The van der Waals surface area contributed by atoms with Crippen LogP contribution in [-0.4, -0.2) is 61.4 Å². The number of benzene rings is 1. The van der Waals surface area contributed by atoms with Crippen LogP contribution in [0.3, 0.4) is 0 Å². The number of nitrogens with zero attached hydrogens (tertiary/aromatic N) is 4. The summed E-state index contributed by atoms with van der Waals surface area (Å²) in [6.45, 7) is 2.21. The molecule has 27 heavy (non-hydrogen) atoms. The first-order valence-corrected chi connectivity index (χ1v) is 9.51. The lowest BCUT2D eigenvalue weighted by Crippen LogP contribution is -2.42. The van der Waals surface area contributed by atoms with Crippen molar-refractivity contribution < 1.29 is 14.4 Å². The first kappa shape index (κ1) is 17.5. The van der Waals surface area contributed by atoms with Crippen molar-refractivity contribution >= 4 is 29.6 Å². The summed E-state index contributed by atoms with van der Waals surface area (Å²) in [7, 11) is 0. The van der Waals surface area contributed by atoms with Gasteiger partial charge in [0.05, 0.1) is 0 Å². The van der Waals surface area contributed by atoms with Crippen LogP contribution in [0.5, 0.6) is 0 Å². The highest BCUT2D eigenvalue weighted by Gasteiger charge is 2.43. The summed E-state index contributed by atoms with van der Waals surface area (Å²) in [5, 5.41) is 18.9. The number of hydrogen-bond acceptors (Lipinski definition) is 7. The third-order valence-electron chi connectivity index (χ3n) is 4.80. The molecule has 140 valence electrons. The number of hydrogen-bond donors (Lipinski definition) is 3. The predicted octanol–water partition coefficient (Wildman–Crippen LogP) is 0.185. The molecule has 2 atom stereocenters. The van der Waals surface area contributed by atoms with Crippen molar-refractivity contribution in [2.45, 2.75) is 18.5 Å². The molecule has 3 heterocycles. The Morgan fingerprint density at radius 3 is 2.70 bits per heavy atom. The Bertz CT molecular complexity index is 886. The number of aromatic amines is 1. The number of urea groups is 1. The number of nitrogens with one attached hydrogen (secondary N) is 3. The van der Waals surface area contributed by atoms with Gasteiger partial charge in [0, 0.05) is 23.6 Å². The Kier molecular flexibility index (Phi) is 4.30. The number of H-pyrrole nitrogens is 1. The molecule has 2 saturated heterocycles. The van der Waals surface area contributed by atoms with E-state index < -0.39 is 17.5 Å². The first-order valence-electron chi connectivity index (χ1n) is 8.35. The van der Waals surface area contributed by atoms with Crippen LogP contribution >= 0.6 is 11.8 Å². The van der Waals surface area contributed by atoms with Crippen LogP contribution in [0, 0.1) is 0 Å². The van der Waals surface area contributed by atoms with Crippen LogP contribution < -0.4 is 10.6 Å². The number of imide groups is 1. The lowest BCUT2D eigenvalue weighted by atomic mass is 9.91. The number of amides is 4. The number of aromatic nitrogens is 4. The predicted molar refractivity (Wildman–Crippen MR) is 95.7 cm³/mol. The Balaban J connectivity index is 1.57. The minimum atomic E-state index is -1.15. The molecular formula is C16H17N7O3S. The maximum atomic E-state index is 13.0. The van der Waals surface area contributed by atoms with Crippen molar-refractivity contribution in [1.82, 2.24) is 36.2 Å². The Labute approximate surface area is 158 Å². The van der Waals surface area contributed by atoms with Gasteiger partial charge in [0.1, 0.15) is 11.6 Å². The van der Waals surface area contributed by atoms with Gasteiger partial charge in [-0.25, -0.2) is 4.79 Å². The van der Waals surface area contributed by atoms with Crippen molar-refractivity contribution in [2.75, 3.05) is 18.1 Å². The van der Waals surface area contributed by atoms with Crippen LogP contribution in [0.4, 0.5) is 4.79 Å². The zero-order valence-electron chi connectivity index (χ0n) is 14.4. The lowest BCUT2D eigenvalue weighted by molar-refractivity contribution is -0.123. The number of tetrazole rings is 1. The molecule has 2 aliphatic heterocycles. The van der Waals surface area contributed by atoms with Gasteiger partial charge >= 0.3 is 6.03 Å². The molecule has 0 bridgehead atoms. The Morgan fingerprint density at radius 1 is 1.30 bits per heavy atom. The average molecular weight is 387 g/mol. The zero-order valence-corrected chi connectivity index (χ0v) is 15.2. The second kappa shape index (κ2) is 6.65. The fraction of sp³-hybridized carbons (Fsp3) is 0.375. The number of thioether (sulfide) groups is 1. The van der Waals surface area contributed by atoms with E-state index >= 15 is 0 Å². The summed E-state index contributed by atoms with van der Waals surface area (Å²) in [5.74, 6) is 1.47. The summed E-state index contributed by atoms with van der Waals surface area (Å²) in [6, 6.07) is 5.91. The first-order chi connectivity index (χ1) is 13.0. The van der Waals surface area contributed by atoms with Gasteiger partial charge < -0.3 is 10.2 Å². The molecule has 0 saturated carbocycles. The molecule has 0 radical (unpaired) electrons. The number of rotatable bonds is 3. The van der Waals surface area contributed by atoms with Crippen LogP contribution in [-0.2, 0) is 10.3 Å². The second-order valence-electron chi connectivity index (χ2n) is 6.47. The van der Waals surface area contributed by atoms with Crippen molar-refractivity contribution in [2.24, 2.45) is 0 Å². The van der Waals surface area contributed by atoms with Crippen molar-refractivity contribution in [3.63, 3.8) is 0 Å². The van der Waals surface area contributed by atoms with E-state index in [1.165, 1.54) is 0 Å². The summed E-state index contributed by atoms with van der Waals surface area (Å²) >= 11 is 1.74. The molecule has 10 nitrogen and oxygen atoms in total. The van der Waals surface area contributed by atoms with Crippen LogP contribution in [0.2, 0.25) is 0 Å². The summed E-state index contributed by atoms with van der Waals surface area (Å²) in [4.78, 5) is 38.3. The molecule has 2 aromatic rings. The highest BCUT2D eigenvalue weighted by molar-refractivity contribution is 7.99. The Hall–Kier alpha value is -2.95. The fourth-order valence-electron chi connectivity index (χ4n) is 3.23. The van der Waals surface area contributed by atoms with E-state index in [-0.39, 0.29) is 11.9 Å². The van der Waals surface area contributed by atoms with Gasteiger partial charge in [0.25, 0.3) is 11.8 Å². The SMILES string of the molecule is CC1(c2ccc(C(=O)N3CCSCC3c3nn[nH]n3)cc2)NC(=O)NC1=O. The standard InChI is InChI=1S/C16H17N7O3S/c1-16(14(25)17-15(26)18-16)10-4-2-9(3-5-10)13(24)23-6-7-27-8-11(23)12-19-21-22-20-12/h2-5,11H,6-8H2,1H3,(H2,17,18,25,26)(H,19,20,21,22). The normalized spacial score (nSPS) is 25.2. The van der Waals surface area contributed by atoms with Gasteiger partial charge in [-0.1, -0.05) is 17.3 Å². The zero-order chi connectivity index (χ0) is 19.0. The molecule has 1 aromatic carbocycles. The number of carbonyl (C=O) groups excluding carboxylic acids is 3. The summed E-state index contributed by atoms with van der Waals surface area (Å²) < 4.78 is 0. The maximum Gasteiger partial charge on any atom is 0.322 e. The van der Waals surface area contributed by atoms with E-state index in [4.69, 9.17) is 0 Å². The molecule has 2 aliphatic rings. The van der Waals surface area contributed by atoms with E-state index in [9.17, 15) is 14.4 Å². The quantitative estimate of drug-likeness (QED) is 0.640. The molecule has 4 amide bonds. The third kappa shape index (κ3) is 3.03. The van der Waals surface area contributed by atoms with Gasteiger partial charge in [0.15, 0.2) is 5.82 Å². The monoisotopic (exact) mass is 387 g/mol. The minimum Gasteiger partial charge on any atom is -0.327 e. The van der Waals surface area contributed by atoms with Crippen LogP contribution in [0.25, 0.3) is 0 Å². The van der Waals surface area contributed by atoms with Crippen molar-refractivity contribution in [3.8, 4) is 0 Å². The van der Waals surface area contributed by atoms with Gasteiger partial charge in [-0.05, 0) is 24.6 Å². The highest BCUT2D eigenvalue weighted by Crippen LogP contribution is 2.29. The minimum absolute atomic E-state index is 0.137. The summed E-state index contributed by atoms with van der Waals surface area (Å²) in [6.07, 6.45) is 0. The smallest absolute Gasteiger partial charge is 0.322 e. The molecule has 1 aromatic heterocycles.